The van der Waals surface area contributed by atoms with Gasteiger partial charge in [-0.1, -0.05) is 48.3 Å². The first-order chi connectivity index (χ1) is 11.1. The van der Waals surface area contributed by atoms with Gasteiger partial charge in [0.25, 0.3) is 0 Å². The largest absolute Gasteiger partial charge is 0.493 e. The fourth-order valence-electron chi connectivity index (χ4n) is 1.94. The Hall–Kier alpha value is -1.97. The van der Waals surface area contributed by atoms with E-state index in [0.29, 0.717) is 22.3 Å². The first-order valence-electron chi connectivity index (χ1n) is 7.25. The van der Waals surface area contributed by atoms with Gasteiger partial charge in [-0.2, -0.15) is 0 Å². The van der Waals surface area contributed by atoms with E-state index in [9.17, 15) is 4.79 Å². The molecule has 0 saturated heterocycles. The maximum atomic E-state index is 12.0. The minimum absolute atomic E-state index is 0.270. The minimum Gasteiger partial charge on any atom is -0.493 e. The smallest absolute Gasteiger partial charge is 0.248 e. The standard InChI is InChI=1S/C18H17Cl2NO2/c1-2-9-23-17-6-4-3-5-13(17)7-8-18(22)21-16-11-14(19)10-15(20)12-16/h3-8,10-12H,2,9H2,1H3,(H,21,22). The molecule has 23 heavy (non-hydrogen) atoms. The molecule has 0 atom stereocenters. The first kappa shape index (κ1) is 17.4. The van der Waals surface area contributed by atoms with E-state index in [1.807, 2.05) is 31.2 Å². The Labute approximate surface area is 145 Å². The molecule has 5 heteroatoms. The van der Waals surface area contributed by atoms with Crippen LogP contribution in [0.15, 0.2) is 48.5 Å². The van der Waals surface area contributed by atoms with Crippen LogP contribution in [0.1, 0.15) is 18.9 Å². The van der Waals surface area contributed by atoms with E-state index in [-0.39, 0.29) is 5.91 Å². The second-order valence-electron chi connectivity index (χ2n) is 4.87. The van der Waals surface area contributed by atoms with Gasteiger partial charge < -0.3 is 10.1 Å². The second kappa shape index (κ2) is 8.61. The van der Waals surface area contributed by atoms with Crippen molar-refractivity contribution in [3.63, 3.8) is 0 Å². The molecule has 3 nitrogen and oxygen atoms in total. The van der Waals surface area contributed by atoms with Crippen molar-refractivity contribution in [1.82, 2.24) is 0 Å². The number of anilines is 1. The molecule has 0 aliphatic heterocycles. The number of hydrogen-bond acceptors (Lipinski definition) is 2. The van der Waals surface area contributed by atoms with E-state index in [1.165, 1.54) is 6.08 Å². The quantitative estimate of drug-likeness (QED) is 0.705. The lowest BCUT2D eigenvalue weighted by Gasteiger charge is -2.07. The molecule has 120 valence electrons. The molecule has 0 bridgehead atoms. The number of nitrogens with one attached hydrogen (secondary N) is 1. The highest BCUT2D eigenvalue weighted by atomic mass is 35.5. The Bertz CT molecular complexity index is 694. The van der Waals surface area contributed by atoms with Crippen LogP contribution in [0.2, 0.25) is 10.0 Å². The third kappa shape index (κ3) is 5.62. The Morgan fingerprint density at radius 2 is 1.87 bits per heavy atom. The average molecular weight is 350 g/mol. The van der Waals surface area contributed by atoms with Crippen LogP contribution in [0.25, 0.3) is 6.08 Å². The van der Waals surface area contributed by atoms with Crippen molar-refractivity contribution >= 4 is 40.9 Å². The normalized spacial score (nSPS) is 10.7. The number of rotatable bonds is 6. The lowest BCUT2D eigenvalue weighted by Crippen LogP contribution is -2.07. The topological polar surface area (TPSA) is 38.3 Å². The predicted octanol–water partition coefficient (Wildman–Crippen LogP) is 5.43. The molecule has 0 aliphatic rings. The van der Waals surface area contributed by atoms with Gasteiger partial charge in [-0.3, -0.25) is 4.79 Å². The molecule has 0 unspecified atom stereocenters. The van der Waals surface area contributed by atoms with Crippen LogP contribution in [0.5, 0.6) is 5.75 Å². The van der Waals surface area contributed by atoms with Gasteiger partial charge in [-0.05, 0) is 36.8 Å². The number of carbonyl (C=O) groups is 1. The van der Waals surface area contributed by atoms with Crippen molar-refractivity contribution in [3.05, 3.63) is 64.1 Å². The lowest BCUT2D eigenvalue weighted by atomic mass is 10.2. The molecule has 0 saturated carbocycles. The Balaban J connectivity index is 2.06. The zero-order chi connectivity index (χ0) is 16.7. The molecule has 0 radical (unpaired) electrons. The van der Waals surface area contributed by atoms with Gasteiger partial charge in [0.2, 0.25) is 5.91 Å². The van der Waals surface area contributed by atoms with Gasteiger partial charge in [-0.25, -0.2) is 0 Å². The van der Waals surface area contributed by atoms with Crippen molar-refractivity contribution < 1.29 is 9.53 Å². The van der Waals surface area contributed by atoms with Crippen molar-refractivity contribution in [2.75, 3.05) is 11.9 Å². The molecule has 0 heterocycles. The highest BCUT2D eigenvalue weighted by Crippen LogP contribution is 2.23. The summed E-state index contributed by atoms with van der Waals surface area (Å²) in [5.74, 6) is 0.484. The number of amides is 1. The van der Waals surface area contributed by atoms with Gasteiger partial charge in [0.05, 0.1) is 6.61 Å². The molecule has 1 amide bonds. The van der Waals surface area contributed by atoms with E-state index < -0.39 is 0 Å². The number of carbonyl (C=O) groups excluding carboxylic acids is 1. The molecule has 0 aromatic heterocycles. The van der Waals surface area contributed by atoms with E-state index in [1.54, 1.807) is 24.3 Å². The van der Waals surface area contributed by atoms with Crippen LogP contribution in [-0.2, 0) is 4.79 Å². The summed E-state index contributed by atoms with van der Waals surface area (Å²) >= 11 is 11.8. The summed E-state index contributed by atoms with van der Waals surface area (Å²) in [5.41, 5.74) is 1.40. The Morgan fingerprint density at radius 3 is 2.57 bits per heavy atom. The lowest BCUT2D eigenvalue weighted by molar-refractivity contribution is -0.111. The summed E-state index contributed by atoms with van der Waals surface area (Å²) in [6.45, 7) is 2.68. The van der Waals surface area contributed by atoms with E-state index in [0.717, 1.165) is 17.7 Å². The molecule has 0 spiro atoms. The van der Waals surface area contributed by atoms with Crippen LogP contribution in [-0.4, -0.2) is 12.5 Å². The summed E-state index contributed by atoms with van der Waals surface area (Å²) in [4.78, 5) is 12.0. The van der Waals surface area contributed by atoms with Gasteiger partial charge >= 0.3 is 0 Å². The summed E-state index contributed by atoms with van der Waals surface area (Å²) < 4.78 is 5.65. The molecular weight excluding hydrogens is 333 g/mol. The summed E-state index contributed by atoms with van der Waals surface area (Å²) in [6.07, 6.45) is 4.09. The van der Waals surface area contributed by atoms with Crippen LogP contribution < -0.4 is 10.1 Å². The van der Waals surface area contributed by atoms with Gasteiger partial charge in [0.1, 0.15) is 5.75 Å². The highest BCUT2D eigenvalue weighted by Gasteiger charge is 2.03. The second-order valence-corrected chi connectivity index (χ2v) is 5.74. The van der Waals surface area contributed by atoms with E-state index in [2.05, 4.69) is 5.32 Å². The predicted molar refractivity (Wildman–Crippen MR) is 96.4 cm³/mol. The maximum Gasteiger partial charge on any atom is 0.248 e. The number of ether oxygens (including phenoxy) is 1. The van der Waals surface area contributed by atoms with E-state index in [4.69, 9.17) is 27.9 Å². The highest BCUT2D eigenvalue weighted by molar-refractivity contribution is 6.35. The molecule has 2 aromatic carbocycles. The third-order valence-corrected chi connectivity index (χ3v) is 3.36. The molecular formula is C18H17Cl2NO2. The summed E-state index contributed by atoms with van der Waals surface area (Å²) in [5, 5.41) is 3.66. The van der Waals surface area contributed by atoms with Crippen molar-refractivity contribution in [1.29, 1.82) is 0 Å². The molecule has 0 fully saturated rings. The van der Waals surface area contributed by atoms with Crippen LogP contribution >= 0.6 is 23.2 Å². The average Bonchev–Trinajstić information content (AvgIpc) is 2.50. The molecule has 2 aromatic rings. The van der Waals surface area contributed by atoms with Crippen LogP contribution in [0.3, 0.4) is 0 Å². The van der Waals surface area contributed by atoms with Crippen molar-refractivity contribution in [2.24, 2.45) is 0 Å². The first-order valence-corrected chi connectivity index (χ1v) is 8.01. The maximum absolute atomic E-state index is 12.0. The van der Waals surface area contributed by atoms with Crippen molar-refractivity contribution in [3.8, 4) is 5.75 Å². The van der Waals surface area contributed by atoms with Gasteiger partial charge in [-0.15, -0.1) is 0 Å². The van der Waals surface area contributed by atoms with Crippen LogP contribution in [0.4, 0.5) is 5.69 Å². The van der Waals surface area contributed by atoms with Crippen molar-refractivity contribution in [2.45, 2.75) is 13.3 Å². The Kier molecular flexibility index (Phi) is 6.51. The SMILES string of the molecule is CCCOc1ccccc1C=CC(=O)Nc1cc(Cl)cc(Cl)c1. The summed E-state index contributed by atoms with van der Waals surface area (Å²) in [6, 6.07) is 12.4. The number of halogens is 2. The molecule has 1 N–H and O–H groups in total. The van der Waals surface area contributed by atoms with Gasteiger partial charge in [0, 0.05) is 27.4 Å². The zero-order valence-electron chi connectivity index (χ0n) is 12.7. The number of para-hydroxylation sites is 1. The zero-order valence-corrected chi connectivity index (χ0v) is 14.2. The van der Waals surface area contributed by atoms with Crippen LogP contribution in [0, 0.1) is 0 Å². The minimum atomic E-state index is -0.270. The molecule has 0 aliphatic carbocycles. The van der Waals surface area contributed by atoms with E-state index >= 15 is 0 Å². The molecule has 2 rings (SSSR count). The fraction of sp³-hybridized carbons (Fsp3) is 0.167. The number of benzene rings is 2. The van der Waals surface area contributed by atoms with Gasteiger partial charge in [0.15, 0.2) is 0 Å². The third-order valence-electron chi connectivity index (χ3n) is 2.93. The summed E-state index contributed by atoms with van der Waals surface area (Å²) in [7, 11) is 0. The monoisotopic (exact) mass is 349 g/mol. The fourth-order valence-corrected chi connectivity index (χ4v) is 2.46. The number of hydrogen-bond donors (Lipinski definition) is 1. The Morgan fingerprint density at radius 1 is 1.17 bits per heavy atom.